The summed E-state index contributed by atoms with van der Waals surface area (Å²) in [6.45, 7) is 2.44. The van der Waals surface area contributed by atoms with E-state index < -0.39 is 10.9 Å². The molecular weight excluding hydrogens is 282 g/mol. The lowest BCUT2D eigenvalue weighted by Crippen LogP contribution is -2.07. The van der Waals surface area contributed by atoms with Crippen LogP contribution in [0.2, 0.25) is 5.02 Å². The average Bonchev–Trinajstić information content (AvgIpc) is 2.42. The fourth-order valence-electron chi connectivity index (χ4n) is 1.73. The molecule has 0 atom stereocenters. The third-order valence-corrected chi connectivity index (χ3v) is 3.19. The normalized spacial score (nSPS) is 10.3. The Labute approximate surface area is 123 Å². The summed E-state index contributed by atoms with van der Waals surface area (Å²) in [5.41, 5.74) is -0.140. The fourth-order valence-corrected chi connectivity index (χ4v) is 1.93. The SMILES string of the molecule is CCCCCCCOC(=O)c1cc([N+](=O)[O-])ccc1Cl. The van der Waals surface area contributed by atoms with Crippen molar-refractivity contribution < 1.29 is 14.5 Å². The van der Waals surface area contributed by atoms with Crippen LogP contribution in [0.5, 0.6) is 0 Å². The third-order valence-electron chi connectivity index (χ3n) is 2.86. The molecule has 6 heteroatoms. The predicted octanol–water partition coefficient (Wildman–Crippen LogP) is 4.38. The number of nitro benzene ring substituents is 1. The molecule has 0 spiro atoms. The molecule has 1 aromatic rings. The van der Waals surface area contributed by atoms with Crippen molar-refractivity contribution in [1.82, 2.24) is 0 Å². The van der Waals surface area contributed by atoms with Gasteiger partial charge in [0.2, 0.25) is 0 Å². The smallest absolute Gasteiger partial charge is 0.339 e. The molecule has 0 unspecified atom stereocenters. The summed E-state index contributed by atoms with van der Waals surface area (Å²) in [6, 6.07) is 3.73. The van der Waals surface area contributed by atoms with Crippen LogP contribution < -0.4 is 0 Å². The van der Waals surface area contributed by atoms with Crippen LogP contribution in [0.4, 0.5) is 5.69 Å². The van der Waals surface area contributed by atoms with Gasteiger partial charge in [0.05, 0.1) is 22.1 Å². The highest BCUT2D eigenvalue weighted by Crippen LogP contribution is 2.22. The number of hydrogen-bond donors (Lipinski definition) is 0. The van der Waals surface area contributed by atoms with E-state index in [1.165, 1.54) is 18.6 Å². The quantitative estimate of drug-likeness (QED) is 0.309. The molecule has 0 aromatic heterocycles. The van der Waals surface area contributed by atoms with Gasteiger partial charge in [-0.3, -0.25) is 10.1 Å². The first-order valence-corrected chi connectivity index (χ1v) is 7.05. The third kappa shape index (κ3) is 5.17. The van der Waals surface area contributed by atoms with Gasteiger partial charge in [-0.05, 0) is 12.5 Å². The number of non-ortho nitro benzene ring substituents is 1. The summed E-state index contributed by atoms with van der Waals surface area (Å²) in [4.78, 5) is 21.9. The van der Waals surface area contributed by atoms with Crippen LogP contribution in [0.3, 0.4) is 0 Å². The number of carbonyl (C=O) groups is 1. The van der Waals surface area contributed by atoms with Crippen molar-refractivity contribution in [2.45, 2.75) is 39.0 Å². The van der Waals surface area contributed by atoms with Crippen molar-refractivity contribution in [3.8, 4) is 0 Å². The van der Waals surface area contributed by atoms with Crippen LogP contribution in [0, 0.1) is 10.1 Å². The lowest BCUT2D eigenvalue weighted by molar-refractivity contribution is -0.384. The Hall–Kier alpha value is -1.62. The number of ether oxygens (including phenoxy) is 1. The zero-order chi connectivity index (χ0) is 15.0. The number of benzene rings is 1. The summed E-state index contributed by atoms with van der Waals surface area (Å²) in [5, 5.41) is 10.8. The molecule has 20 heavy (non-hydrogen) atoms. The highest BCUT2D eigenvalue weighted by Gasteiger charge is 2.16. The topological polar surface area (TPSA) is 69.4 Å². The van der Waals surface area contributed by atoms with Gasteiger partial charge in [0.1, 0.15) is 0 Å². The Balaban J connectivity index is 2.50. The van der Waals surface area contributed by atoms with E-state index >= 15 is 0 Å². The molecule has 0 amide bonds. The van der Waals surface area contributed by atoms with E-state index in [9.17, 15) is 14.9 Å². The van der Waals surface area contributed by atoms with Crippen LogP contribution in [0.25, 0.3) is 0 Å². The van der Waals surface area contributed by atoms with Crippen molar-refractivity contribution in [2.24, 2.45) is 0 Å². The second kappa shape index (κ2) is 8.53. The van der Waals surface area contributed by atoms with Crippen LogP contribution in [0.15, 0.2) is 18.2 Å². The van der Waals surface area contributed by atoms with E-state index in [1.807, 2.05) is 0 Å². The summed E-state index contributed by atoms with van der Waals surface area (Å²) in [5.74, 6) is -0.616. The number of carbonyl (C=O) groups excluding carboxylic acids is 1. The van der Waals surface area contributed by atoms with Gasteiger partial charge >= 0.3 is 5.97 Å². The first-order chi connectivity index (χ1) is 9.56. The molecule has 0 saturated heterocycles. The van der Waals surface area contributed by atoms with E-state index in [4.69, 9.17) is 16.3 Å². The molecule has 110 valence electrons. The van der Waals surface area contributed by atoms with Crippen molar-refractivity contribution in [3.05, 3.63) is 38.9 Å². The Kier molecular flexibility index (Phi) is 7.01. The number of hydrogen-bond acceptors (Lipinski definition) is 4. The monoisotopic (exact) mass is 299 g/mol. The van der Waals surface area contributed by atoms with E-state index in [2.05, 4.69) is 6.92 Å². The summed E-state index contributed by atoms with van der Waals surface area (Å²) in [7, 11) is 0. The Morgan fingerprint density at radius 2 is 2.00 bits per heavy atom. The van der Waals surface area contributed by atoms with Crippen LogP contribution in [-0.4, -0.2) is 17.5 Å². The summed E-state index contributed by atoms with van der Waals surface area (Å²) in [6.07, 6.45) is 5.24. The lowest BCUT2D eigenvalue weighted by atomic mass is 10.2. The number of rotatable bonds is 8. The van der Waals surface area contributed by atoms with Gasteiger partial charge in [-0.25, -0.2) is 4.79 Å². The van der Waals surface area contributed by atoms with Gasteiger partial charge in [0.25, 0.3) is 5.69 Å². The minimum absolute atomic E-state index is 0.0365. The van der Waals surface area contributed by atoms with E-state index in [-0.39, 0.29) is 16.3 Å². The van der Waals surface area contributed by atoms with E-state index in [0.717, 1.165) is 31.7 Å². The van der Waals surface area contributed by atoms with Crippen LogP contribution >= 0.6 is 11.6 Å². The standard InChI is InChI=1S/C14H18ClNO4/c1-2-3-4-5-6-9-20-14(17)12-10-11(16(18)19)7-8-13(12)15/h7-8,10H,2-6,9H2,1H3. The molecule has 0 aliphatic rings. The van der Waals surface area contributed by atoms with Crippen LogP contribution in [-0.2, 0) is 4.74 Å². The maximum atomic E-state index is 11.8. The van der Waals surface area contributed by atoms with Crippen molar-refractivity contribution in [2.75, 3.05) is 6.61 Å². The van der Waals surface area contributed by atoms with Gasteiger partial charge < -0.3 is 4.74 Å². The van der Waals surface area contributed by atoms with Gasteiger partial charge in [-0.2, -0.15) is 0 Å². The average molecular weight is 300 g/mol. The number of halogens is 1. The van der Waals surface area contributed by atoms with Crippen molar-refractivity contribution in [1.29, 1.82) is 0 Å². The summed E-state index contributed by atoms with van der Waals surface area (Å²) < 4.78 is 5.08. The molecule has 0 N–H and O–H groups in total. The van der Waals surface area contributed by atoms with Crippen LogP contribution in [0.1, 0.15) is 49.4 Å². The second-order valence-electron chi connectivity index (χ2n) is 4.47. The Bertz CT molecular complexity index is 476. The first kappa shape index (κ1) is 16.4. The molecule has 1 rings (SSSR count). The number of nitro groups is 1. The molecule has 0 aliphatic carbocycles. The van der Waals surface area contributed by atoms with Gasteiger partial charge in [0, 0.05) is 12.1 Å². The van der Waals surface area contributed by atoms with E-state index in [0.29, 0.717) is 6.61 Å². The second-order valence-corrected chi connectivity index (χ2v) is 4.88. The van der Waals surface area contributed by atoms with Gasteiger partial charge in [-0.15, -0.1) is 0 Å². The largest absolute Gasteiger partial charge is 0.462 e. The van der Waals surface area contributed by atoms with Gasteiger partial charge in [-0.1, -0.05) is 44.2 Å². The Morgan fingerprint density at radius 3 is 2.65 bits per heavy atom. The van der Waals surface area contributed by atoms with Crippen molar-refractivity contribution >= 4 is 23.3 Å². The highest BCUT2D eigenvalue weighted by molar-refractivity contribution is 6.33. The maximum absolute atomic E-state index is 11.8. The minimum atomic E-state index is -0.616. The molecule has 0 aliphatic heterocycles. The van der Waals surface area contributed by atoms with Crippen molar-refractivity contribution in [3.63, 3.8) is 0 Å². The molecular formula is C14H18ClNO4. The first-order valence-electron chi connectivity index (χ1n) is 6.67. The molecule has 5 nitrogen and oxygen atoms in total. The minimum Gasteiger partial charge on any atom is -0.462 e. The number of esters is 1. The zero-order valence-electron chi connectivity index (χ0n) is 11.4. The molecule has 0 bridgehead atoms. The fraction of sp³-hybridized carbons (Fsp3) is 0.500. The van der Waals surface area contributed by atoms with E-state index in [1.54, 1.807) is 0 Å². The molecule has 0 saturated carbocycles. The zero-order valence-corrected chi connectivity index (χ0v) is 12.2. The number of nitrogens with zero attached hydrogens (tertiary/aromatic N) is 1. The summed E-state index contributed by atoms with van der Waals surface area (Å²) >= 11 is 5.85. The molecule has 0 heterocycles. The molecule has 1 aromatic carbocycles. The lowest BCUT2D eigenvalue weighted by Gasteiger charge is -2.06. The predicted molar refractivity (Wildman–Crippen MR) is 77.1 cm³/mol. The maximum Gasteiger partial charge on any atom is 0.339 e. The number of unbranched alkanes of at least 4 members (excludes halogenated alkanes) is 4. The van der Waals surface area contributed by atoms with Gasteiger partial charge in [0.15, 0.2) is 0 Å². The highest BCUT2D eigenvalue weighted by atomic mass is 35.5. The molecule has 0 fully saturated rings. The Morgan fingerprint density at radius 1 is 1.30 bits per heavy atom. The molecule has 0 radical (unpaired) electrons.